The highest BCUT2D eigenvalue weighted by Gasteiger charge is 2.31. The number of hydrogen-bond donors (Lipinski definition) is 1. The number of rotatable bonds is 3. The molecule has 2 aromatic rings. The molecule has 0 aliphatic carbocycles. The number of para-hydroxylation sites is 1. The van der Waals surface area contributed by atoms with Gasteiger partial charge in [0.05, 0.1) is 12.7 Å². The van der Waals surface area contributed by atoms with Crippen molar-refractivity contribution in [3.8, 4) is 5.75 Å². The minimum absolute atomic E-state index is 0.0627. The second-order valence-corrected chi connectivity index (χ2v) is 4.96. The number of amides is 1. The lowest BCUT2D eigenvalue weighted by atomic mass is 10.0. The topological polar surface area (TPSA) is 41.6 Å². The lowest BCUT2D eigenvalue weighted by Gasteiger charge is -2.37. The molecule has 0 saturated heterocycles. The summed E-state index contributed by atoms with van der Waals surface area (Å²) in [4.78, 5) is 14.5. The van der Waals surface area contributed by atoms with Crippen molar-refractivity contribution in [2.24, 2.45) is 0 Å². The summed E-state index contributed by atoms with van der Waals surface area (Å²) in [7, 11) is 1.64. The van der Waals surface area contributed by atoms with Crippen LogP contribution in [-0.4, -0.2) is 24.5 Å². The maximum atomic E-state index is 12.6. The number of nitrogens with one attached hydrogen (secondary N) is 1. The van der Waals surface area contributed by atoms with Gasteiger partial charge in [-0.25, -0.2) is 0 Å². The second-order valence-electron chi connectivity index (χ2n) is 4.96. The SMILES string of the molecule is CCN1C(=O)c2ccccc2NC1c1ccc(OC)cc1. The van der Waals surface area contributed by atoms with Crippen molar-refractivity contribution in [2.75, 3.05) is 19.0 Å². The Bertz CT molecular complexity index is 652. The van der Waals surface area contributed by atoms with Crippen LogP contribution in [0.4, 0.5) is 5.69 Å². The molecule has 1 atom stereocenters. The normalized spacial score (nSPS) is 17.1. The Labute approximate surface area is 124 Å². The van der Waals surface area contributed by atoms with Gasteiger partial charge in [-0.05, 0) is 36.8 Å². The molecule has 0 aromatic heterocycles. The fraction of sp³-hybridized carbons (Fsp3) is 0.235. The van der Waals surface area contributed by atoms with Gasteiger partial charge in [-0.15, -0.1) is 0 Å². The molecule has 1 aliphatic rings. The van der Waals surface area contributed by atoms with E-state index in [0.29, 0.717) is 6.54 Å². The first-order valence-electron chi connectivity index (χ1n) is 7.05. The number of hydrogen-bond acceptors (Lipinski definition) is 3. The average molecular weight is 282 g/mol. The van der Waals surface area contributed by atoms with Crippen LogP contribution >= 0.6 is 0 Å². The fourth-order valence-corrected chi connectivity index (χ4v) is 2.67. The number of nitrogens with zero attached hydrogens (tertiary/aromatic N) is 1. The molecule has 0 spiro atoms. The lowest BCUT2D eigenvalue weighted by Crippen LogP contribution is -2.42. The van der Waals surface area contributed by atoms with Gasteiger partial charge >= 0.3 is 0 Å². The molecule has 1 heterocycles. The summed E-state index contributed by atoms with van der Waals surface area (Å²) < 4.78 is 5.19. The predicted octanol–water partition coefficient (Wildman–Crippen LogP) is 3.28. The van der Waals surface area contributed by atoms with Gasteiger partial charge in [0.1, 0.15) is 11.9 Å². The van der Waals surface area contributed by atoms with Crippen molar-refractivity contribution in [2.45, 2.75) is 13.1 Å². The molecule has 3 rings (SSSR count). The molecule has 4 nitrogen and oxygen atoms in total. The molecular formula is C17H18N2O2. The minimum atomic E-state index is -0.150. The first-order chi connectivity index (χ1) is 10.2. The maximum Gasteiger partial charge on any atom is 0.257 e. The van der Waals surface area contributed by atoms with E-state index in [0.717, 1.165) is 22.6 Å². The minimum Gasteiger partial charge on any atom is -0.497 e. The summed E-state index contributed by atoms with van der Waals surface area (Å²) in [5.74, 6) is 0.872. The van der Waals surface area contributed by atoms with Crippen LogP contribution < -0.4 is 10.1 Å². The molecule has 1 aliphatic heterocycles. The summed E-state index contributed by atoms with van der Waals surface area (Å²) in [6, 6.07) is 15.4. The molecule has 0 fully saturated rings. The third kappa shape index (κ3) is 2.33. The smallest absolute Gasteiger partial charge is 0.257 e. The van der Waals surface area contributed by atoms with E-state index in [1.165, 1.54) is 0 Å². The molecule has 1 unspecified atom stereocenters. The van der Waals surface area contributed by atoms with Crippen LogP contribution in [0, 0.1) is 0 Å². The van der Waals surface area contributed by atoms with Gasteiger partial charge in [-0.2, -0.15) is 0 Å². The summed E-state index contributed by atoms with van der Waals surface area (Å²) in [5, 5.41) is 3.45. The maximum absolute atomic E-state index is 12.6. The fourth-order valence-electron chi connectivity index (χ4n) is 2.67. The summed E-state index contributed by atoms with van der Waals surface area (Å²) in [5.41, 5.74) is 2.65. The number of carbonyl (C=O) groups excluding carboxylic acids is 1. The first kappa shape index (κ1) is 13.5. The van der Waals surface area contributed by atoms with E-state index in [1.807, 2.05) is 60.4 Å². The van der Waals surface area contributed by atoms with Crippen LogP contribution in [0.15, 0.2) is 48.5 Å². The van der Waals surface area contributed by atoms with Gasteiger partial charge in [0.25, 0.3) is 5.91 Å². The summed E-state index contributed by atoms with van der Waals surface area (Å²) in [6.07, 6.45) is -0.150. The van der Waals surface area contributed by atoms with E-state index < -0.39 is 0 Å². The average Bonchev–Trinajstić information content (AvgIpc) is 2.55. The van der Waals surface area contributed by atoms with Gasteiger partial charge in [-0.3, -0.25) is 4.79 Å². The Kier molecular flexibility index (Phi) is 3.52. The van der Waals surface area contributed by atoms with Crippen LogP contribution in [0.3, 0.4) is 0 Å². The second kappa shape index (κ2) is 5.48. The van der Waals surface area contributed by atoms with Crippen molar-refractivity contribution >= 4 is 11.6 Å². The zero-order chi connectivity index (χ0) is 14.8. The Balaban J connectivity index is 1.99. The van der Waals surface area contributed by atoms with Crippen molar-refractivity contribution in [3.05, 3.63) is 59.7 Å². The molecule has 4 heteroatoms. The van der Waals surface area contributed by atoms with E-state index in [9.17, 15) is 4.79 Å². The first-order valence-corrected chi connectivity index (χ1v) is 7.05. The number of benzene rings is 2. The highest BCUT2D eigenvalue weighted by molar-refractivity contribution is 6.01. The zero-order valence-corrected chi connectivity index (χ0v) is 12.2. The largest absolute Gasteiger partial charge is 0.497 e. The Hall–Kier alpha value is -2.49. The monoisotopic (exact) mass is 282 g/mol. The third-order valence-corrected chi connectivity index (χ3v) is 3.79. The lowest BCUT2D eigenvalue weighted by molar-refractivity contribution is 0.0695. The van der Waals surface area contributed by atoms with Gasteiger partial charge < -0.3 is 15.0 Å². The van der Waals surface area contributed by atoms with E-state index >= 15 is 0 Å². The van der Waals surface area contributed by atoms with Gasteiger partial charge in [0.2, 0.25) is 0 Å². The number of ether oxygens (including phenoxy) is 1. The quantitative estimate of drug-likeness (QED) is 0.939. The van der Waals surface area contributed by atoms with Crippen molar-refractivity contribution in [1.29, 1.82) is 0 Å². The van der Waals surface area contributed by atoms with Crippen molar-refractivity contribution in [1.82, 2.24) is 4.90 Å². The number of anilines is 1. The predicted molar refractivity (Wildman–Crippen MR) is 82.5 cm³/mol. The van der Waals surface area contributed by atoms with Gasteiger partial charge in [0, 0.05) is 12.2 Å². The van der Waals surface area contributed by atoms with Gasteiger partial charge in [0.15, 0.2) is 0 Å². The molecule has 0 radical (unpaired) electrons. The van der Waals surface area contributed by atoms with E-state index in [4.69, 9.17) is 4.74 Å². The van der Waals surface area contributed by atoms with Crippen LogP contribution in [0.1, 0.15) is 29.0 Å². The van der Waals surface area contributed by atoms with E-state index in [1.54, 1.807) is 7.11 Å². The van der Waals surface area contributed by atoms with E-state index in [2.05, 4.69) is 5.32 Å². The molecule has 2 aromatic carbocycles. The van der Waals surface area contributed by atoms with Crippen molar-refractivity contribution in [3.63, 3.8) is 0 Å². The standard InChI is InChI=1S/C17H18N2O2/c1-3-19-16(12-8-10-13(21-2)11-9-12)18-15-7-5-4-6-14(15)17(19)20/h4-11,16,18H,3H2,1-2H3. The summed E-state index contributed by atoms with van der Waals surface area (Å²) >= 11 is 0. The molecule has 1 amide bonds. The number of carbonyl (C=O) groups is 1. The Morgan fingerprint density at radius 1 is 1.14 bits per heavy atom. The number of methoxy groups -OCH3 is 1. The van der Waals surface area contributed by atoms with E-state index in [-0.39, 0.29) is 12.1 Å². The molecule has 1 N–H and O–H groups in total. The highest BCUT2D eigenvalue weighted by Crippen LogP contribution is 2.33. The molecule has 0 bridgehead atoms. The number of fused-ring (bicyclic) bond motifs is 1. The molecule has 21 heavy (non-hydrogen) atoms. The van der Waals surface area contributed by atoms with Gasteiger partial charge in [-0.1, -0.05) is 24.3 Å². The summed E-state index contributed by atoms with van der Waals surface area (Å²) in [6.45, 7) is 2.64. The van der Waals surface area contributed by atoms with Crippen LogP contribution in [0.25, 0.3) is 0 Å². The van der Waals surface area contributed by atoms with Crippen LogP contribution in [0.2, 0.25) is 0 Å². The Morgan fingerprint density at radius 3 is 2.52 bits per heavy atom. The Morgan fingerprint density at radius 2 is 1.86 bits per heavy atom. The molecular weight excluding hydrogens is 264 g/mol. The molecule has 0 saturated carbocycles. The van der Waals surface area contributed by atoms with Crippen LogP contribution in [0.5, 0.6) is 5.75 Å². The highest BCUT2D eigenvalue weighted by atomic mass is 16.5. The molecule has 108 valence electrons. The van der Waals surface area contributed by atoms with Crippen LogP contribution in [-0.2, 0) is 0 Å². The van der Waals surface area contributed by atoms with Crippen molar-refractivity contribution < 1.29 is 9.53 Å². The third-order valence-electron chi connectivity index (χ3n) is 3.79. The zero-order valence-electron chi connectivity index (χ0n) is 12.2.